The molecule has 0 saturated heterocycles. The Balaban J connectivity index is 2.63. The van der Waals surface area contributed by atoms with Crippen LogP contribution in [0.2, 0.25) is 0 Å². The van der Waals surface area contributed by atoms with Gasteiger partial charge in [0, 0.05) is 6.04 Å². The van der Waals surface area contributed by atoms with E-state index >= 15 is 0 Å². The summed E-state index contributed by atoms with van der Waals surface area (Å²) in [5.74, 6) is 0.563. The third-order valence-electron chi connectivity index (χ3n) is 3.57. The first-order valence-corrected chi connectivity index (χ1v) is 5.53. The van der Waals surface area contributed by atoms with Gasteiger partial charge in [-0.15, -0.1) is 0 Å². The zero-order valence-electron chi connectivity index (χ0n) is 9.14. The molecule has 1 aliphatic carbocycles. The molecule has 1 rings (SSSR count). The molecule has 1 fully saturated rings. The standard InChI is InChI=1S/C11H23NO/c1-4-9(2)10(12-3)11(13)7-5-6-8-11/h9-10,12-13H,4-8H2,1-3H3. The Kier molecular flexibility index (Phi) is 3.74. The van der Waals surface area contributed by atoms with E-state index in [1.807, 2.05) is 7.05 Å². The fourth-order valence-corrected chi connectivity index (χ4v) is 2.62. The second-order valence-corrected chi connectivity index (χ2v) is 4.46. The van der Waals surface area contributed by atoms with Crippen LogP contribution in [-0.4, -0.2) is 23.8 Å². The summed E-state index contributed by atoms with van der Waals surface area (Å²) in [4.78, 5) is 0. The lowest BCUT2D eigenvalue weighted by Crippen LogP contribution is -2.51. The van der Waals surface area contributed by atoms with Crippen LogP contribution in [0, 0.1) is 5.92 Å². The summed E-state index contributed by atoms with van der Waals surface area (Å²) < 4.78 is 0. The molecule has 0 amide bonds. The predicted octanol–water partition coefficient (Wildman–Crippen LogP) is 1.93. The molecule has 2 atom stereocenters. The van der Waals surface area contributed by atoms with Gasteiger partial charge in [-0.25, -0.2) is 0 Å². The molecule has 0 heterocycles. The molecule has 2 N–H and O–H groups in total. The molecule has 13 heavy (non-hydrogen) atoms. The molecular formula is C11H23NO. The minimum absolute atomic E-state index is 0.278. The smallest absolute Gasteiger partial charge is 0.0802 e. The Morgan fingerprint density at radius 3 is 2.31 bits per heavy atom. The summed E-state index contributed by atoms with van der Waals surface area (Å²) in [6.45, 7) is 4.41. The Bertz CT molecular complexity index is 152. The van der Waals surface area contributed by atoms with Gasteiger partial charge in [-0.2, -0.15) is 0 Å². The average Bonchev–Trinajstić information content (AvgIpc) is 2.53. The third kappa shape index (κ3) is 2.23. The molecule has 0 radical (unpaired) electrons. The Morgan fingerprint density at radius 1 is 1.38 bits per heavy atom. The number of hydrogen-bond donors (Lipinski definition) is 2. The van der Waals surface area contributed by atoms with Gasteiger partial charge in [0.1, 0.15) is 0 Å². The molecule has 0 bridgehead atoms. The van der Waals surface area contributed by atoms with Crippen molar-refractivity contribution in [2.45, 2.75) is 57.6 Å². The van der Waals surface area contributed by atoms with Crippen LogP contribution in [0.15, 0.2) is 0 Å². The van der Waals surface area contributed by atoms with Crippen LogP contribution in [0.25, 0.3) is 0 Å². The summed E-state index contributed by atoms with van der Waals surface area (Å²) in [6.07, 6.45) is 5.45. The van der Waals surface area contributed by atoms with Crippen molar-refractivity contribution < 1.29 is 5.11 Å². The lowest BCUT2D eigenvalue weighted by molar-refractivity contribution is -0.00834. The quantitative estimate of drug-likeness (QED) is 0.701. The van der Waals surface area contributed by atoms with Gasteiger partial charge in [0.2, 0.25) is 0 Å². The highest BCUT2D eigenvalue weighted by Crippen LogP contribution is 2.35. The maximum atomic E-state index is 10.4. The summed E-state index contributed by atoms with van der Waals surface area (Å²) in [5, 5.41) is 13.7. The first kappa shape index (κ1) is 11.0. The second kappa shape index (κ2) is 4.43. The number of rotatable bonds is 4. The summed E-state index contributed by atoms with van der Waals surface area (Å²) >= 11 is 0. The van der Waals surface area contributed by atoms with Crippen LogP contribution in [0.1, 0.15) is 46.0 Å². The van der Waals surface area contributed by atoms with Gasteiger partial charge in [-0.05, 0) is 25.8 Å². The van der Waals surface area contributed by atoms with Crippen molar-refractivity contribution in [2.24, 2.45) is 5.92 Å². The maximum absolute atomic E-state index is 10.4. The van der Waals surface area contributed by atoms with Crippen LogP contribution in [-0.2, 0) is 0 Å². The third-order valence-corrected chi connectivity index (χ3v) is 3.57. The molecule has 0 aliphatic heterocycles. The van der Waals surface area contributed by atoms with Gasteiger partial charge in [0.05, 0.1) is 5.60 Å². The summed E-state index contributed by atoms with van der Waals surface area (Å²) in [6, 6.07) is 0.278. The van der Waals surface area contributed by atoms with Crippen molar-refractivity contribution in [1.29, 1.82) is 0 Å². The summed E-state index contributed by atoms with van der Waals surface area (Å²) in [5.41, 5.74) is -0.426. The van der Waals surface area contributed by atoms with Crippen molar-refractivity contribution in [1.82, 2.24) is 5.32 Å². The monoisotopic (exact) mass is 185 g/mol. The molecule has 0 spiro atoms. The number of likely N-dealkylation sites (N-methyl/N-ethyl adjacent to an activating group) is 1. The van der Waals surface area contributed by atoms with E-state index in [4.69, 9.17) is 0 Å². The van der Waals surface area contributed by atoms with Gasteiger partial charge in [0.15, 0.2) is 0 Å². The highest BCUT2D eigenvalue weighted by atomic mass is 16.3. The van der Waals surface area contributed by atoms with E-state index in [0.717, 1.165) is 19.3 Å². The minimum atomic E-state index is -0.426. The molecule has 1 saturated carbocycles. The number of aliphatic hydroxyl groups is 1. The predicted molar refractivity (Wildman–Crippen MR) is 55.7 cm³/mol. The van der Waals surface area contributed by atoms with Crippen LogP contribution in [0.5, 0.6) is 0 Å². The van der Waals surface area contributed by atoms with Gasteiger partial charge in [0.25, 0.3) is 0 Å². The van der Waals surface area contributed by atoms with Gasteiger partial charge in [-0.3, -0.25) is 0 Å². The molecule has 78 valence electrons. The number of hydrogen-bond acceptors (Lipinski definition) is 2. The Labute approximate surface area is 81.7 Å². The van der Waals surface area contributed by atoms with Crippen molar-refractivity contribution in [2.75, 3.05) is 7.05 Å². The molecule has 1 aliphatic rings. The first-order chi connectivity index (χ1) is 6.14. The molecule has 2 heteroatoms. The minimum Gasteiger partial charge on any atom is -0.388 e. The van der Waals surface area contributed by atoms with Crippen molar-refractivity contribution in [3.8, 4) is 0 Å². The van der Waals surface area contributed by atoms with Gasteiger partial charge >= 0.3 is 0 Å². The van der Waals surface area contributed by atoms with E-state index in [1.165, 1.54) is 12.8 Å². The van der Waals surface area contributed by atoms with E-state index in [2.05, 4.69) is 19.2 Å². The first-order valence-electron chi connectivity index (χ1n) is 5.53. The molecular weight excluding hydrogens is 162 g/mol. The van der Waals surface area contributed by atoms with Crippen molar-refractivity contribution in [3.63, 3.8) is 0 Å². The highest BCUT2D eigenvalue weighted by molar-refractivity contribution is 4.96. The van der Waals surface area contributed by atoms with E-state index in [-0.39, 0.29) is 6.04 Å². The lowest BCUT2D eigenvalue weighted by atomic mass is 9.83. The molecule has 0 aromatic rings. The molecule has 0 aromatic carbocycles. The highest BCUT2D eigenvalue weighted by Gasteiger charge is 2.40. The van der Waals surface area contributed by atoms with E-state index in [1.54, 1.807) is 0 Å². The fraction of sp³-hybridized carbons (Fsp3) is 1.00. The van der Waals surface area contributed by atoms with Crippen LogP contribution >= 0.6 is 0 Å². The Hall–Kier alpha value is -0.0800. The zero-order chi connectivity index (χ0) is 9.90. The van der Waals surface area contributed by atoms with E-state index < -0.39 is 5.60 Å². The molecule has 2 unspecified atom stereocenters. The Morgan fingerprint density at radius 2 is 1.92 bits per heavy atom. The van der Waals surface area contributed by atoms with E-state index in [9.17, 15) is 5.11 Å². The topological polar surface area (TPSA) is 32.3 Å². The summed E-state index contributed by atoms with van der Waals surface area (Å²) in [7, 11) is 1.97. The van der Waals surface area contributed by atoms with Crippen LogP contribution in [0.4, 0.5) is 0 Å². The normalized spacial score (nSPS) is 25.8. The van der Waals surface area contributed by atoms with Gasteiger partial charge in [-0.1, -0.05) is 33.1 Å². The average molecular weight is 185 g/mol. The van der Waals surface area contributed by atoms with Crippen molar-refractivity contribution >= 4 is 0 Å². The maximum Gasteiger partial charge on any atom is 0.0802 e. The van der Waals surface area contributed by atoms with Crippen LogP contribution < -0.4 is 5.32 Å². The van der Waals surface area contributed by atoms with E-state index in [0.29, 0.717) is 5.92 Å². The largest absolute Gasteiger partial charge is 0.388 e. The second-order valence-electron chi connectivity index (χ2n) is 4.46. The lowest BCUT2D eigenvalue weighted by Gasteiger charge is -2.36. The molecule has 2 nitrogen and oxygen atoms in total. The number of nitrogens with one attached hydrogen (secondary N) is 1. The van der Waals surface area contributed by atoms with Crippen molar-refractivity contribution in [3.05, 3.63) is 0 Å². The zero-order valence-corrected chi connectivity index (χ0v) is 9.14. The van der Waals surface area contributed by atoms with Crippen LogP contribution in [0.3, 0.4) is 0 Å². The SMILES string of the molecule is CCC(C)C(NC)C1(O)CCCC1. The molecule has 0 aromatic heterocycles. The fourth-order valence-electron chi connectivity index (χ4n) is 2.62. The van der Waals surface area contributed by atoms with Gasteiger partial charge < -0.3 is 10.4 Å².